The molecule has 0 radical (unpaired) electrons. The maximum absolute atomic E-state index is 12.1. The van der Waals surface area contributed by atoms with Crippen LogP contribution in [0.25, 0.3) is 0 Å². The third-order valence-electron chi connectivity index (χ3n) is 6.08. The Balaban J connectivity index is 2.13. The van der Waals surface area contributed by atoms with Gasteiger partial charge in [0.15, 0.2) is 5.82 Å². The molecular formula is C23H25N5O4. The monoisotopic (exact) mass is 435 g/mol. The lowest BCUT2D eigenvalue weighted by molar-refractivity contribution is 0.0991. The van der Waals surface area contributed by atoms with Crippen molar-refractivity contribution in [1.82, 2.24) is 9.72 Å². The number of hydrogen-bond donors (Lipinski definition) is 3. The van der Waals surface area contributed by atoms with E-state index in [-0.39, 0.29) is 6.04 Å². The molecule has 3 aromatic rings. The topological polar surface area (TPSA) is 160 Å². The smallest absolute Gasteiger partial charge is 0.366 e. The molecule has 0 saturated carbocycles. The summed E-state index contributed by atoms with van der Waals surface area (Å²) in [4.78, 5) is 40.1. The first kappa shape index (κ1) is 21.5. The van der Waals surface area contributed by atoms with Gasteiger partial charge in [0.25, 0.3) is 0 Å². The van der Waals surface area contributed by atoms with Crippen LogP contribution < -0.4 is 23.0 Å². The van der Waals surface area contributed by atoms with E-state index in [2.05, 4.69) is 4.98 Å². The molecule has 166 valence electrons. The number of amides is 2. The molecule has 6 N–H and O–H groups in total. The fraction of sp³-hybridized carbons (Fsp3) is 0.304. The molecule has 1 aromatic heterocycles. The van der Waals surface area contributed by atoms with Crippen LogP contribution in [0, 0.1) is 0 Å². The lowest BCUT2D eigenvalue weighted by Gasteiger charge is -2.36. The van der Waals surface area contributed by atoms with Gasteiger partial charge in [-0.3, -0.25) is 9.59 Å². The highest BCUT2D eigenvalue weighted by atomic mass is 16.5. The number of nitrogens with zero attached hydrogens (tertiary/aromatic N) is 2. The van der Waals surface area contributed by atoms with Gasteiger partial charge < -0.3 is 21.7 Å². The number of nitrogens with two attached hydrogens (primary N) is 3. The largest absolute Gasteiger partial charge is 0.459 e. The Kier molecular flexibility index (Phi) is 5.21. The molecule has 0 aliphatic heterocycles. The Hall–Kier alpha value is -3.72. The molecule has 4 rings (SSSR count). The van der Waals surface area contributed by atoms with Gasteiger partial charge >= 0.3 is 5.76 Å². The molecule has 1 aliphatic carbocycles. The summed E-state index contributed by atoms with van der Waals surface area (Å²) in [5.74, 6) is -1.39. The number of hydrogen-bond acceptors (Lipinski definition) is 6. The van der Waals surface area contributed by atoms with Crippen molar-refractivity contribution >= 4 is 11.8 Å². The van der Waals surface area contributed by atoms with E-state index in [0.717, 1.165) is 22.3 Å². The van der Waals surface area contributed by atoms with E-state index >= 15 is 0 Å². The Morgan fingerprint density at radius 1 is 1.06 bits per heavy atom. The highest BCUT2D eigenvalue weighted by molar-refractivity contribution is 5.94. The fourth-order valence-corrected chi connectivity index (χ4v) is 4.89. The summed E-state index contributed by atoms with van der Waals surface area (Å²) in [6.45, 7) is 1.87. The molecule has 2 aromatic carbocycles. The molecular weight excluding hydrogens is 410 g/mol. The number of benzene rings is 2. The maximum atomic E-state index is 12.1. The predicted molar refractivity (Wildman–Crippen MR) is 117 cm³/mol. The summed E-state index contributed by atoms with van der Waals surface area (Å²) in [5.41, 5.74) is 20.7. The van der Waals surface area contributed by atoms with Crippen molar-refractivity contribution in [3.8, 4) is 0 Å². The molecule has 32 heavy (non-hydrogen) atoms. The number of primary amides is 2. The van der Waals surface area contributed by atoms with Gasteiger partial charge in [-0.1, -0.05) is 12.1 Å². The molecule has 0 unspecified atom stereocenters. The molecule has 1 heterocycles. The summed E-state index contributed by atoms with van der Waals surface area (Å²) in [7, 11) is 1.62. The van der Waals surface area contributed by atoms with Crippen molar-refractivity contribution in [2.45, 2.75) is 37.6 Å². The van der Waals surface area contributed by atoms with Gasteiger partial charge in [0, 0.05) is 24.2 Å². The van der Waals surface area contributed by atoms with Gasteiger partial charge in [-0.15, -0.1) is 0 Å². The average Bonchev–Trinajstić information content (AvgIpc) is 3.01. The Bertz CT molecular complexity index is 1220. The molecule has 9 nitrogen and oxygen atoms in total. The number of carbonyl (C=O) groups excluding carboxylic acids is 2. The Morgan fingerprint density at radius 2 is 1.56 bits per heavy atom. The zero-order valence-electron chi connectivity index (χ0n) is 17.9. The molecule has 0 fully saturated rings. The van der Waals surface area contributed by atoms with Gasteiger partial charge in [-0.2, -0.15) is 9.72 Å². The van der Waals surface area contributed by atoms with Gasteiger partial charge in [0.05, 0.1) is 5.41 Å². The van der Waals surface area contributed by atoms with Crippen LogP contribution in [0.1, 0.15) is 62.1 Å². The second-order valence-electron chi connectivity index (χ2n) is 8.35. The third kappa shape index (κ3) is 3.40. The second kappa shape index (κ2) is 7.76. The molecule has 0 spiro atoms. The number of carbonyl (C=O) groups is 2. The Labute approximate surface area is 184 Å². The first-order valence-corrected chi connectivity index (χ1v) is 10.3. The van der Waals surface area contributed by atoms with Crippen LogP contribution in [0.4, 0.5) is 0 Å². The average molecular weight is 435 g/mol. The van der Waals surface area contributed by atoms with Gasteiger partial charge in [-0.05, 0) is 72.7 Å². The van der Waals surface area contributed by atoms with Crippen molar-refractivity contribution < 1.29 is 14.1 Å². The van der Waals surface area contributed by atoms with Crippen molar-refractivity contribution in [3.63, 3.8) is 0 Å². The van der Waals surface area contributed by atoms with E-state index < -0.39 is 23.0 Å². The fourth-order valence-electron chi connectivity index (χ4n) is 4.89. The minimum Gasteiger partial charge on any atom is -0.366 e. The van der Waals surface area contributed by atoms with Crippen LogP contribution in [0.15, 0.2) is 45.7 Å². The van der Waals surface area contributed by atoms with Gasteiger partial charge in [0.1, 0.15) is 0 Å². The van der Waals surface area contributed by atoms with Crippen molar-refractivity contribution in [1.29, 1.82) is 0 Å². The lowest BCUT2D eigenvalue weighted by atomic mass is 9.67. The number of aryl methyl sites for hydroxylation is 3. The first-order valence-electron chi connectivity index (χ1n) is 10.3. The molecule has 9 heteroatoms. The van der Waals surface area contributed by atoms with Crippen LogP contribution in [0.3, 0.4) is 0 Å². The van der Waals surface area contributed by atoms with Crippen LogP contribution in [-0.2, 0) is 25.3 Å². The van der Waals surface area contributed by atoms with Crippen LogP contribution in [-0.4, -0.2) is 27.6 Å². The van der Waals surface area contributed by atoms with Crippen molar-refractivity contribution in [2.24, 2.45) is 24.2 Å². The zero-order chi connectivity index (χ0) is 23.2. The van der Waals surface area contributed by atoms with Crippen LogP contribution >= 0.6 is 0 Å². The third-order valence-corrected chi connectivity index (χ3v) is 6.08. The lowest BCUT2D eigenvalue weighted by Crippen LogP contribution is -2.39. The number of aromatic nitrogens is 2. The van der Waals surface area contributed by atoms with Crippen molar-refractivity contribution in [2.75, 3.05) is 0 Å². The van der Waals surface area contributed by atoms with E-state index in [4.69, 9.17) is 21.7 Å². The summed E-state index contributed by atoms with van der Waals surface area (Å²) in [6.07, 6.45) is 1.56. The number of rotatable bonds is 5. The van der Waals surface area contributed by atoms with E-state index in [1.807, 2.05) is 19.1 Å². The SMILES string of the molecule is C[C@H](N)CC1(c2nc(=O)on2C)c2ccc(C(N)=O)cc2CCc2cc(C(N)=O)ccc21. The molecule has 1 aliphatic rings. The molecule has 1 atom stereocenters. The van der Waals surface area contributed by atoms with Gasteiger partial charge in [0.2, 0.25) is 11.8 Å². The van der Waals surface area contributed by atoms with Crippen LogP contribution in [0.5, 0.6) is 0 Å². The predicted octanol–water partition coefficient (Wildman–Crippen LogP) is 0.741. The summed E-state index contributed by atoms with van der Waals surface area (Å²) >= 11 is 0. The van der Waals surface area contributed by atoms with Gasteiger partial charge in [-0.25, -0.2) is 4.79 Å². The summed E-state index contributed by atoms with van der Waals surface area (Å²) in [6, 6.07) is 10.3. The molecule has 0 bridgehead atoms. The van der Waals surface area contributed by atoms with E-state index in [0.29, 0.717) is 36.2 Å². The van der Waals surface area contributed by atoms with E-state index in [9.17, 15) is 14.4 Å². The quantitative estimate of drug-likeness (QED) is 0.536. The second-order valence-corrected chi connectivity index (χ2v) is 8.35. The minimum absolute atomic E-state index is 0.285. The standard InChI is InChI=1S/C23H25N5O4/c1-12(24)11-23(21-27-22(31)32-28(21)2)17-7-5-15(19(25)29)9-13(17)3-4-14-10-16(20(26)30)6-8-18(14)23/h5-10,12H,3-4,11,24H2,1-2H3,(H2,25,29)(H2,26,30)/t12-/m0/s1. The molecule has 2 amide bonds. The first-order chi connectivity index (χ1) is 15.1. The molecule has 0 saturated heterocycles. The zero-order valence-corrected chi connectivity index (χ0v) is 17.9. The maximum Gasteiger partial charge on any atom is 0.459 e. The van der Waals surface area contributed by atoms with Crippen molar-refractivity contribution in [3.05, 3.63) is 86.2 Å². The minimum atomic E-state index is -0.956. The van der Waals surface area contributed by atoms with E-state index in [1.54, 1.807) is 31.3 Å². The van der Waals surface area contributed by atoms with E-state index in [1.165, 1.54) is 4.74 Å². The summed E-state index contributed by atoms with van der Waals surface area (Å²) in [5, 5.41) is 0. The van der Waals surface area contributed by atoms with Crippen LogP contribution in [0.2, 0.25) is 0 Å². The normalized spacial score (nSPS) is 15.3. The summed E-state index contributed by atoms with van der Waals surface area (Å²) < 4.78 is 6.58. The number of fused-ring (bicyclic) bond motifs is 2. The highest BCUT2D eigenvalue weighted by Gasteiger charge is 2.45. The Morgan fingerprint density at radius 3 is 1.94 bits per heavy atom. The highest BCUT2D eigenvalue weighted by Crippen LogP contribution is 2.47.